The molecular weight excluding hydrogens is 246 g/mol. The largest absolute Gasteiger partial charge is 0.436 e. The lowest BCUT2D eigenvalue weighted by molar-refractivity contribution is 0.619. The normalized spacial score (nSPS) is 10.7. The van der Waals surface area contributed by atoms with Gasteiger partial charge in [0.15, 0.2) is 5.58 Å². The Morgan fingerprint density at radius 3 is 2.67 bits per heavy atom. The minimum Gasteiger partial charge on any atom is -0.436 e. The molecule has 3 aromatic rings. The zero-order valence-electron chi connectivity index (χ0n) is 9.33. The van der Waals surface area contributed by atoms with Gasteiger partial charge in [0.2, 0.25) is 5.89 Å². The summed E-state index contributed by atoms with van der Waals surface area (Å²) in [5.74, 6) is 0.562. The molecule has 0 aliphatic rings. The van der Waals surface area contributed by atoms with Crippen LogP contribution in [0.25, 0.3) is 22.6 Å². The van der Waals surface area contributed by atoms with Crippen LogP contribution in [0.15, 0.2) is 47.1 Å². The van der Waals surface area contributed by atoms with Crippen LogP contribution in [0, 0.1) is 0 Å². The van der Waals surface area contributed by atoms with E-state index < -0.39 is 0 Å². The van der Waals surface area contributed by atoms with Crippen molar-refractivity contribution in [2.24, 2.45) is 5.73 Å². The summed E-state index contributed by atoms with van der Waals surface area (Å²) in [4.78, 5) is 8.73. The van der Waals surface area contributed by atoms with Crippen LogP contribution in [0.1, 0.15) is 5.56 Å². The first kappa shape index (κ1) is 10.9. The second kappa shape index (κ2) is 4.19. The van der Waals surface area contributed by atoms with Gasteiger partial charge in [0, 0.05) is 23.5 Å². The summed E-state index contributed by atoms with van der Waals surface area (Å²) in [5.41, 5.74) is 8.71. The summed E-state index contributed by atoms with van der Waals surface area (Å²) in [7, 11) is 0. The molecule has 0 unspecified atom stereocenters. The zero-order chi connectivity index (χ0) is 12.5. The molecule has 2 heterocycles. The number of fused-ring (bicyclic) bond motifs is 1. The molecule has 0 fully saturated rings. The fraction of sp³-hybridized carbons (Fsp3) is 0. The lowest BCUT2D eigenvalue weighted by Gasteiger charge is -1.94. The smallest absolute Gasteiger partial charge is 0.227 e. The first-order valence-electron chi connectivity index (χ1n) is 5.35. The number of nitrogens with zero attached hydrogens (tertiary/aromatic N) is 2. The molecule has 4 nitrogen and oxygen atoms in total. The average Bonchev–Trinajstić information content (AvgIpc) is 2.82. The number of hydrogen-bond donors (Lipinski definition) is 1. The highest BCUT2D eigenvalue weighted by molar-refractivity contribution is 7.80. The molecule has 0 radical (unpaired) electrons. The SMILES string of the molecule is NC(=S)c1ccc2oc(-c3ccncc3)nc2c1. The van der Waals surface area contributed by atoms with Gasteiger partial charge in [-0.1, -0.05) is 12.2 Å². The molecule has 3 rings (SSSR count). The topological polar surface area (TPSA) is 64.9 Å². The van der Waals surface area contributed by atoms with Crippen LogP contribution in [-0.2, 0) is 0 Å². The van der Waals surface area contributed by atoms with E-state index in [9.17, 15) is 0 Å². The molecule has 5 heteroatoms. The summed E-state index contributed by atoms with van der Waals surface area (Å²) < 4.78 is 5.67. The number of oxazole rings is 1. The van der Waals surface area contributed by atoms with Crippen molar-refractivity contribution in [1.29, 1.82) is 0 Å². The Bertz CT molecular complexity index is 721. The highest BCUT2D eigenvalue weighted by Gasteiger charge is 2.09. The second-order valence-electron chi connectivity index (χ2n) is 3.80. The number of pyridine rings is 1. The fourth-order valence-electron chi connectivity index (χ4n) is 1.70. The molecule has 0 amide bonds. The summed E-state index contributed by atoms with van der Waals surface area (Å²) in [6, 6.07) is 9.16. The second-order valence-corrected chi connectivity index (χ2v) is 4.24. The third-order valence-corrected chi connectivity index (χ3v) is 2.84. The molecule has 2 aromatic heterocycles. The van der Waals surface area contributed by atoms with Gasteiger partial charge in [0.25, 0.3) is 0 Å². The molecule has 18 heavy (non-hydrogen) atoms. The third kappa shape index (κ3) is 1.84. The van der Waals surface area contributed by atoms with Crippen LogP contribution in [0.3, 0.4) is 0 Å². The van der Waals surface area contributed by atoms with Crippen molar-refractivity contribution in [2.75, 3.05) is 0 Å². The van der Waals surface area contributed by atoms with Crippen molar-refractivity contribution >= 4 is 28.3 Å². The summed E-state index contributed by atoms with van der Waals surface area (Å²) in [6.07, 6.45) is 3.40. The number of benzene rings is 1. The van der Waals surface area contributed by atoms with E-state index in [2.05, 4.69) is 9.97 Å². The molecule has 2 N–H and O–H groups in total. The minimum absolute atomic E-state index is 0.352. The first-order valence-corrected chi connectivity index (χ1v) is 5.75. The number of hydrogen-bond acceptors (Lipinski definition) is 4. The van der Waals surface area contributed by atoms with Gasteiger partial charge >= 0.3 is 0 Å². The van der Waals surface area contributed by atoms with Gasteiger partial charge in [0.05, 0.1) is 0 Å². The fourth-order valence-corrected chi connectivity index (χ4v) is 1.83. The van der Waals surface area contributed by atoms with Crippen LogP contribution in [0.4, 0.5) is 0 Å². The lowest BCUT2D eigenvalue weighted by Crippen LogP contribution is -2.08. The van der Waals surface area contributed by atoms with E-state index in [1.165, 1.54) is 0 Å². The third-order valence-electron chi connectivity index (χ3n) is 2.60. The predicted octanol–water partition coefficient (Wildman–Crippen LogP) is 2.52. The maximum absolute atomic E-state index is 5.67. The molecule has 0 saturated carbocycles. The predicted molar refractivity (Wildman–Crippen MR) is 73.1 cm³/mol. The van der Waals surface area contributed by atoms with Gasteiger partial charge in [0.1, 0.15) is 10.5 Å². The number of nitrogens with two attached hydrogens (primary N) is 1. The van der Waals surface area contributed by atoms with Gasteiger partial charge in [-0.25, -0.2) is 4.98 Å². The van der Waals surface area contributed by atoms with Crippen LogP contribution in [0.5, 0.6) is 0 Å². The van der Waals surface area contributed by atoms with Crippen molar-refractivity contribution in [3.63, 3.8) is 0 Å². The van der Waals surface area contributed by atoms with Crippen LogP contribution in [-0.4, -0.2) is 15.0 Å². The van der Waals surface area contributed by atoms with Crippen LogP contribution >= 0.6 is 12.2 Å². The highest BCUT2D eigenvalue weighted by Crippen LogP contribution is 2.24. The van der Waals surface area contributed by atoms with Crippen molar-refractivity contribution in [3.8, 4) is 11.5 Å². The van der Waals surface area contributed by atoms with Crippen molar-refractivity contribution in [2.45, 2.75) is 0 Å². The Balaban J connectivity index is 2.14. The van der Waals surface area contributed by atoms with E-state index in [0.717, 1.165) is 16.6 Å². The monoisotopic (exact) mass is 255 g/mol. The van der Waals surface area contributed by atoms with Gasteiger partial charge in [-0.2, -0.15) is 0 Å². The number of thiocarbonyl (C=S) groups is 1. The summed E-state index contributed by atoms with van der Waals surface area (Å²) >= 11 is 4.94. The molecule has 88 valence electrons. The highest BCUT2D eigenvalue weighted by atomic mass is 32.1. The Kier molecular flexibility index (Phi) is 2.53. The molecule has 0 bridgehead atoms. The minimum atomic E-state index is 0.352. The summed E-state index contributed by atoms with van der Waals surface area (Å²) in [5, 5.41) is 0. The molecule has 0 atom stereocenters. The van der Waals surface area contributed by atoms with Gasteiger partial charge in [-0.15, -0.1) is 0 Å². The van der Waals surface area contributed by atoms with Crippen molar-refractivity contribution < 1.29 is 4.42 Å². The first-order chi connectivity index (χ1) is 8.74. The lowest BCUT2D eigenvalue weighted by atomic mass is 10.2. The van der Waals surface area contributed by atoms with Crippen molar-refractivity contribution in [1.82, 2.24) is 9.97 Å². The maximum Gasteiger partial charge on any atom is 0.227 e. The van der Waals surface area contributed by atoms with Gasteiger partial charge < -0.3 is 10.2 Å². The van der Waals surface area contributed by atoms with Crippen molar-refractivity contribution in [3.05, 3.63) is 48.3 Å². The number of rotatable bonds is 2. The molecule has 1 aromatic carbocycles. The Labute approximate surface area is 108 Å². The Morgan fingerprint density at radius 2 is 1.94 bits per heavy atom. The molecule has 0 aliphatic heterocycles. The molecule has 0 spiro atoms. The van der Waals surface area contributed by atoms with E-state index in [1.54, 1.807) is 12.4 Å². The van der Waals surface area contributed by atoms with E-state index in [0.29, 0.717) is 16.5 Å². The summed E-state index contributed by atoms with van der Waals surface area (Å²) in [6.45, 7) is 0. The zero-order valence-corrected chi connectivity index (χ0v) is 10.1. The molecular formula is C13H9N3OS. The quantitative estimate of drug-likeness (QED) is 0.713. The Hall–Kier alpha value is -2.27. The van der Waals surface area contributed by atoms with E-state index in [4.69, 9.17) is 22.4 Å². The van der Waals surface area contributed by atoms with Gasteiger partial charge in [-0.05, 0) is 30.3 Å². The van der Waals surface area contributed by atoms with E-state index in [-0.39, 0.29) is 0 Å². The number of aromatic nitrogens is 2. The molecule has 0 aliphatic carbocycles. The standard InChI is InChI=1S/C13H9N3OS/c14-12(18)9-1-2-11-10(7-9)16-13(17-11)8-3-5-15-6-4-8/h1-7H,(H2,14,18). The van der Waals surface area contributed by atoms with Crippen LogP contribution in [0.2, 0.25) is 0 Å². The maximum atomic E-state index is 5.67. The van der Waals surface area contributed by atoms with E-state index in [1.807, 2.05) is 30.3 Å². The average molecular weight is 255 g/mol. The van der Waals surface area contributed by atoms with E-state index >= 15 is 0 Å². The van der Waals surface area contributed by atoms with Gasteiger partial charge in [-0.3, -0.25) is 4.98 Å². The Morgan fingerprint density at radius 1 is 1.17 bits per heavy atom. The van der Waals surface area contributed by atoms with Crippen LogP contribution < -0.4 is 5.73 Å². The molecule has 0 saturated heterocycles.